The molecule has 3 N–H and O–H groups in total. The SMILES string of the molecule is COc1cc(Nc2cccc(N(C)C)c2)ccc1N. The van der Waals surface area contributed by atoms with Gasteiger partial charge < -0.3 is 20.7 Å². The van der Waals surface area contributed by atoms with E-state index in [4.69, 9.17) is 10.5 Å². The van der Waals surface area contributed by atoms with Crippen molar-refractivity contribution >= 4 is 22.7 Å². The molecule has 0 aliphatic heterocycles. The van der Waals surface area contributed by atoms with Gasteiger partial charge in [0, 0.05) is 37.2 Å². The number of nitrogen functional groups attached to an aromatic ring is 1. The van der Waals surface area contributed by atoms with Crippen molar-refractivity contribution in [1.82, 2.24) is 0 Å². The highest BCUT2D eigenvalue weighted by atomic mass is 16.5. The van der Waals surface area contributed by atoms with Crippen LogP contribution in [0.4, 0.5) is 22.7 Å². The van der Waals surface area contributed by atoms with E-state index < -0.39 is 0 Å². The summed E-state index contributed by atoms with van der Waals surface area (Å²) in [5, 5.41) is 3.34. The molecule has 2 aromatic carbocycles. The van der Waals surface area contributed by atoms with Gasteiger partial charge in [-0.25, -0.2) is 0 Å². The second-order valence-corrected chi connectivity index (χ2v) is 4.53. The molecule has 4 nitrogen and oxygen atoms in total. The maximum absolute atomic E-state index is 5.80. The van der Waals surface area contributed by atoms with E-state index >= 15 is 0 Å². The lowest BCUT2D eigenvalue weighted by Crippen LogP contribution is -2.08. The summed E-state index contributed by atoms with van der Waals surface area (Å²) >= 11 is 0. The first-order valence-corrected chi connectivity index (χ1v) is 6.08. The average molecular weight is 257 g/mol. The number of nitrogens with one attached hydrogen (secondary N) is 1. The molecule has 0 radical (unpaired) electrons. The Bertz CT molecular complexity index is 567. The molecule has 2 rings (SSSR count). The van der Waals surface area contributed by atoms with Crippen molar-refractivity contribution in [3.8, 4) is 5.75 Å². The van der Waals surface area contributed by atoms with Crippen LogP contribution < -0.4 is 20.7 Å². The number of methoxy groups -OCH3 is 1. The van der Waals surface area contributed by atoms with Crippen LogP contribution in [0.3, 0.4) is 0 Å². The van der Waals surface area contributed by atoms with Gasteiger partial charge in [-0.2, -0.15) is 0 Å². The first-order valence-electron chi connectivity index (χ1n) is 6.08. The number of rotatable bonds is 4. The molecule has 0 saturated heterocycles. The summed E-state index contributed by atoms with van der Waals surface area (Å²) in [6.07, 6.45) is 0. The predicted molar refractivity (Wildman–Crippen MR) is 81.5 cm³/mol. The molecule has 0 spiro atoms. The van der Waals surface area contributed by atoms with Crippen LogP contribution >= 0.6 is 0 Å². The van der Waals surface area contributed by atoms with Gasteiger partial charge in [-0.3, -0.25) is 0 Å². The number of hydrogen-bond acceptors (Lipinski definition) is 4. The standard InChI is InChI=1S/C15H19N3O/c1-18(2)13-6-4-5-11(9-13)17-12-7-8-14(16)15(10-12)19-3/h4-10,17H,16H2,1-3H3. The van der Waals surface area contributed by atoms with Gasteiger partial charge in [0.05, 0.1) is 12.8 Å². The maximum Gasteiger partial charge on any atom is 0.143 e. The van der Waals surface area contributed by atoms with Crippen LogP contribution in [0.15, 0.2) is 42.5 Å². The Hall–Kier alpha value is -2.36. The fourth-order valence-corrected chi connectivity index (χ4v) is 1.82. The van der Waals surface area contributed by atoms with Crippen LogP contribution in [0, 0.1) is 0 Å². The van der Waals surface area contributed by atoms with E-state index in [1.165, 1.54) is 0 Å². The number of hydrogen-bond donors (Lipinski definition) is 2. The third-order valence-electron chi connectivity index (χ3n) is 2.88. The fraction of sp³-hybridized carbons (Fsp3) is 0.200. The molecule has 0 aliphatic carbocycles. The molecular weight excluding hydrogens is 238 g/mol. The zero-order chi connectivity index (χ0) is 13.8. The Kier molecular flexibility index (Phi) is 3.80. The Morgan fingerprint density at radius 3 is 2.47 bits per heavy atom. The molecular formula is C15H19N3O. The van der Waals surface area contributed by atoms with Gasteiger partial charge in [-0.05, 0) is 30.3 Å². The number of nitrogens with zero attached hydrogens (tertiary/aromatic N) is 1. The Labute approximate surface area is 113 Å². The second-order valence-electron chi connectivity index (χ2n) is 4.53. The molecule has 0 heterocycles. The van der Waals surface area contributed by atoms with Crippen molar-refractivity contribution in [1.29, 1.82) is 0 Å². The molecule has 0 amide bonds. The van der Waals surface area contributed by atoms with Crippen LogP contribution in [0.2, 0.25) is 0 Å². The van der Waals surface area contributed by atoms with Crippen LogP contribution in [0.25, 0.3) is 0 Å². The summed E-state index contributed by atoms with van der Waals surface area (Å²) < 4.78 is 5.21. The minimum atomic E-state index is 0.634. The summed E-state index contributed by atoms with van der Waals surface area (Å²) in [6, 6.07) is 13.8. The lowest BCUT2D eigenvalue weighted by Gasteiger charge is -2.15. The molecule has 2 aromatic rings. The lowest BCUT2D eigenvalue weighted by molar-refractivity contribution is 0.417. The van der Waals surface area contributed by atoms with Crippen molar-refractivity contribution in [2.24, 2.45) is 0 Å². The van der Waals surface area contributed by atoms with Crippen molar-refractivity contribution in [2.45, 2.75) is 0 Å². The number of anilines is 4. The van der Waals surface area contributed by atoms with Crippen molar-refractivity contribution in [2.75, 3.05) is 37.2 Å². The van der Waals surface area contributed by atoms with Gasteiger partial charge >= 0.3 is 0 Å². The molecule has 0 aromatic heterocycles. The summed E-state index contributed by atoms with van der Waals surface area (Å²) in [4.78, 5) is 2.06. The minimum absolute atomic E-state index is 0.634. The Morgan fingerprint density at radius 2 is 1.79 bits per heavy atom. The molecule has 0 bridgehead atoms. The third kappa shape index (κ3) is 3.10. The van der Waals surface area contributed by atoms with Crippen LogP contribution in [0.5, 0.6) is 5.75 Å². The normalized spacial score (nSPS) is 10.1. The second kappa shape index (κ2) is 5.52. The number of nitrogens with two attached hydrogens (primary N) is 1. The fourth-order valence-electron chi connectivity index (χ4n) is 1.82. The topological polar surface area (TPSA) is 50.5 Å². The zero-order valence-corrected chi connectivity index (χ0v) is 11.5. The van der Waals surface area contributed by atoms with E-state index in [9.17, 15) is 0 Å². The Balaban J connectivity index is 2.23. The minimum Gasteiger partial charge on any atom is -0.495 e. The van der Waals surface area contributed by atoms with Gasteiger partial charge in [-0.15, -0.1) is 0 Å². The predicted octanol–water partition coefficient (Wildman–Crippen LogP) is 3.09. The van der Waals surface area contributed by atoms with E-state index in [-0.39, 0.29) is 0 Å². The van der Waals surface area contributed by atoms with Crippen LogP contribution in [0.1, 0.15) is 0 Å². The van der Waals surface area contributed by atoms with E-state index in [1.807, 2.05) is 44.4 Å². The van der Waals surface area contributed by atoms with Crippen molar-refractivity contribution < 1.29 is 4.74 Å². The first-order chi connectivity index (χ1) is 9.10. The van der Waals surface area contributed by atoms with Crippen LogP contribution in [-0.2, 0) is 0 Å². The molecule has 19 heavy (non-hydrogen) atoms. The molecule has 100 valence electrons. The van der Waals surface area contributed by atoms with Gasteiger partial charge in [0.2, 0.25) is 0 Å². The maximum atomic E-state index is 5.80. The number of benzene rings is 2. The van der Waals surface area contributed by atoms with Crippen molar-refractivity contribution in [3.05, 3.63) is 42.5 Å². The highest BCUT2D eigenvalue weighted by Crippen LogP contribution is 2.28. The molecule has 0 fully saturated rings. The monoisotopic (exact) mass is 257 g/mol. The van der Waals surface area contributed by atoms with Gasteiger partial charge in [-0.1, -0.05) is 6.07 Å². The summed E-state index contributed by atoms with van der Waals surface area (Å²) in [6.45, 7) is 0. The Morgan fingerprint density at radius 1 is 1.05 bits per heavy atom. The van der Waals surface area contributed by atoms with Gasteiger partial charge in [0.15, 0.2) is 0 Å². The average Bonchev–Trinajstić information content (AvgIpc) is 2.41. The van der Waals surface area contributed by atoms with Gasteiger partial charge in [0.1, 0.15) is 5.75 Å². The van der Waals surface area contributed by atoms with E-state index in [1.54, 1.807) is 7.11 Å². The molecule has 0 unspecified atom stereocenters. The largest absolute Gasteiger partial charge is 0.495 e. The van der Waals surface area contributed by atoms with E-state index in [0.717, 1.165) is 17.1 Å². The van der Waals surface area contributed by atoms with Crippen LogP contribution in [-0.4, -0.2) is 21.2 Å². The highest BCUT2D eigenvalue weighted by Gasteiger charge is 2.02. The lowest BCUT2D eigenvalue weighted by atomic mass is 10.2. The van der Waals surface area contributed by atoms with Crippen molar-refractivity contribution in [3.63, 3.8) is 0 Å². The number of ether oxygens (including phenoxy) is 1. The first kappa shape index (κ1) is 13.1. The summed E-state index contributed by atoms with van der Waals surface area (Å²) in [5.74, 6) is 0.675. The highest BCUT2D eigenvalue weighted by molar-refractivity contribution is 5.69. The van der Waals surface area contributed by atoms with E-state index in [2.05, 4.69) is 22.3 Å². The third-order valence-corrected chi connectivity index (χ3v) is 2.88. The molecule has 4 heteroatoms. The molecule has 0 atom stereocenters. The smallest absolute Gasteiger partial charge is 0.143 e. The quantitative estimate of drug-likeness (QED) is 0.826. The van der Waals surface area contributed by atoms with Gasteiger partial charge in [0.25, 0.3) is 0 Å². The summed E-state index contributed by atoms with van der Waals surface area (Å²) in [5.41, 5.74) is 9.55. The summed E-state index contributed by atoms with van der Waals surface area (Å²) in [7, 11) is 5.65. The molecule has 0 aliphatic rings. The zero-order valence-electron chi connectivity index (χ0n) is 11.5. The van der Waals surface area contributed by atoms with E-state index in [0.29, 0.717) is 11.4 Å². The molecule has 0 saturated carbocycles.